The number of rotatable bonds is 9. The normalized spacial score (nSPS) is 35.1. The zero-order valence-electron chi connectivity index (χ0n) is 25.1. The van der Waals surface area contributed by atoms with Gasteiger partial charge in [0.1, 0.15) is 6.04 Å². The van der Waals surface area contributed by atoms with Gasteiger partial charge in [-0.15, -0.1) is 10.2 Å². The van der Waals surface area contributed by atoms with Gasteiger partial charge in [-0.2, -0.15) is 10.5 Å². The highest BCUT2D eigenvalue weighted by molar-refractivity contribution is 5.93. The fourth-order valence-corrected chi connectivity index (χ4v) is 9.38. The smallest absolute Gasteiger partial charge is 0.248 e. The van der Waals surface area contributed by atoms with E-state index in [1.165, 1.54) is 5.56 Å². The number of fused-ring (bicyclic) bond motifs is 3. The van der Waals surface area contributed by atoms with E-state index in [4.69, 9.17) is 16.6 Å². The zero-order valence-corrected chi connectivity index (χ0v) is 25.1. The molecule has 0 bridgehead atoms. The molecule has 43 heavy (non-hydrogen) atoms. The SMILES string of the molecule is C=C(N)C1CCC2C(CCc3cc(C(N)=O)ccc3C2(CC2(NCC(=C)N3C(C#N)C[C@@H]4[C@H](C)[C@@H]43)CC2)c2nn[nH]n2)C1. The first-order valence-corrected chi connectivity index (χ1v) is 15.9. The van der Waals surface area contributed by atoms with E-state index in [1.807, 2.05) is 12.1 Å². The lowest BCUT2D eigenvalue weighted by atomic mass is 9.56. The fourth-order valence-electron chi connectivity index (χ4n) is 9.38. The number of H-pyrrole nitrogens is 1. The lowest BCUT2D eigenvalue weighted by Crippen LogP contribution is -2.50. The number of primary amides is 1. The van der Waals surface area contributed by atoms with E-state index in [-0.39, 0.29) is 17.5 Å². The van der Waals surface area contributed by atoms with Gasteiger partial charge in [-0.25, -0.2) is 0 Å². The molecule has 226 valence electrons. The van der Waals surface area contributed by atoms with Crippen LogP contribution in [-0.4, -0.2) is 55.6 Å². The molecule has 0 radical (unpaired) electrons. The molecular formula is C33H43N9O. The summed E-state index contributed by atoms with van der Waals surface area (Å²) in [5.41, 5.74) is 16.0. The van der Waals surface area contributed by atoms with Crippen LogP contribution in [0.3, 0.4) is 0 Å². The van der Waals surface area contributed by atoms with Crippen LogP contribution >= 0.6 is 0 Å². The Morgan fingerprint density at radius 3 is 2.72 bits per heavy atom. The predicted octanol–water partition coefficient (Wildman–Crippen LogP) is 3.29. The summed E-state index contributed by atoms with van der Waals surface area (Å²) in [5, 5.41) is 30.0. The second-order valence-corrected chi connectivity index (χ2v) is 14.1. The number of nitrogens with one attached hydrogen (secondary N) is 2. The average Bonchev–Trinajstić information content (AvgIpc) is 3.72. The van der Waals surface area contributed by atoms with Crippen LogP contribution < -0.4 is 16.8 Å². The number of carbonyl (C=O) groups is 1. The third-order valence-corrected chi connectivity index (χ3v) is 11.9. The minimum Gasteiger partial charge on any atom is -0.402 e. The van der Waals surface area contributed by atoms with Crippen molar-refractivity contribution in [3.8, 4) is 6.07 Å². The molecule has 4 fully saturated rings. The van der Waals surface area contributed by atoms with Gasteiger partial charge in [-0.05, 0) is 111 Å². The van der Waals surface area contributed by atoms with Crippen molar-refractivity contribution in [1.29, 1.82) is 5.26 Å². The number of hydrogen-bond donors (Lipinski definition) is 4. The molecule has 7 rings (SSSR count). The number of amides is 1. The Morgan fingerprint density at radius 1 is 1.23 bits per heavy atom. The largest absolute Gasteiger partial charge is 0.402 e. The van der Waals surface area contributed by atoms with Crippen molar-refractivity contribution >= 4 is 5.91 Å². The summed E-state index contributed by atoms with van der Waals surface area (Å²) >= 11 is 0. The predicted molar refractivity (Wildman–Crippen MR) is 162 cm³/mol. The Balaban J connectivity index is 1.25. The van der Waals surface area contributed by atoms with Gasteiger partial charge in [0.2, 0.25) is 5.91 Å². The van der Waals surface area contributed by atoms with Crippen LogP contribution in [0.4, 0.5) is 0 Å². The minimum absolute atomic E-state index is 0.0808. The van der Waals surface area contributed by atoms with E-state index in [0.29, 0.717) is 47.6 Å². The molecule has 1 saturated heterocycles. The highest BCUT2D eigenvalue weighted by Gasteiger charge is 2.60. The van der Waals surface area contributed by atoms with Gasteiger partial charge in [0.25, 0.3) is 0 Å². The number of nitrogens with two attached hydrogens (primary N) is 2. The number of tetrazole rings is 1. The quantitative estimate of drug-likeness (QED) is 0.351. The Bertz CT molecular complexity index is 1490. The molecule has 2 aromatic rings. The summed E-state index contributed by atoms with van der Waals surface area (Å²) in [5.74, 6) is 2.50. The van der Waals surface area contributed by atoms with Crippen LogP contribution in [0.2, 0.25) is 0 Å². The Kier molecular flexibility index (Phi) is 6.65. The van der Waals surface area contributed by atoms with Crippen molar-refractivity contribution in [1.82, 2.24) is 30.8 Å². The summed E-state index contributed by atoms with van der Waals surface area (Å²) in [7, 11) is 0. The molecule has 10 heteroatoms. The number of nitriles is 1. The molecule has 1 aliphatic heterocycles. The van der Waals surface area contributed by atoms with Crippen LogP contribution in [-0.2, 0) is 11.8 Å². The molecule has 1 aromatic heterocycles. The number of aromatic amines is 1. The van der Waals surface area contributed by atoms with Crippen LogP contribution in [0.1, 0.15) is 85.6 Å². The highest BCUT2D eigenvalue weighted by Crippen LogP contribution is 2.59. The number of aromatic nitrogens is 4. The summed E-state index contributed by atoms with van der Waals surface area (Å²) in [6.45, 7) is 11.5. The molecule has 1 aromatic carbocycles. The van der Waals surface area contributed by atoms with Crippen molar-refractivity contribution in [2.75, 3.05) is 6.54 Å². The number of piperidine rings is 1. The molecule has 6 N–H and O–H groups in total. The first-order valence-electron chi connectivity index (χ1n) is 15.9. The van der Waals surface area contributed by atoms with Crippen molar-refractivity contribution in [3.63, 3.8) is 0 Å². The molecular weight excluding hydrogens is 538 g/mol. The molecule has 8 atom stereocenters. The first kappa shape index (κ1) is 28.1. The Labute approximate surface area is 253 Å². The van der Waals surface area contributed by atoms with E-state index in [0.717, 1.165) is 74.7 Å². The fraction of sp³-hybridized carbons (Fsp3) is 0.606. The Morgan fingerprint density at radius 2 is 2.05 bits per heavy atom. The Hall–Kier alpha value is -3.71. The number of hydrogen-bond acceptors (Lipinski definition) is 8. The zero-order chi connectivity index (χ0) is 30.1. The number of likely N-dealkylation sites (tertiary alicyclic amines) is 1. The van der Waals surface area contributed by atoms with E-state index in [9.17, 15) is 10.1 Å². The maximum Gasteiger partial charge on any atom is 0.248 e. The molecule has 0 spiro atoms. The summed E-state index contributed by atoms with van der Waals surface area (Å²) in [4.78, 5) is 14.5. The van der Waals surface area contributed by atoms with E-state index < -0.39 is 11.3 Å². The summed E-state index contributed by atoms with van der Waals surface area (Å²) < 4.78 is 0. The molecule has 10 nitrogen and oxygen atoms in total. The van der Waals surface area contributed by atoms with Gasteiger partial charge >= 0.3 is 0 Å². The second-order valence-electron chi connectivity index (χ2n) is 14.1. The lowest BCUT2D eigenvalue weighted by Gasteiger charge is -2.48. The maximum atomic E-state index is 12.2. The second kappa shape index (κ2) is 10.2. The van der Waals surface area contributed by atoms with Crippen molar-refractivity contribution in [3.05, 3.63) is 65.3 Å². The standard InChI is InChI=1S/C33H43N9O/c1-18(42-25(15-34)14-26-19(2)29(26)42)16-37-32(10-11-32)17-33(31-38-40-41-39-31)27-8-6-21(20(3)35)12-22(27)4-5-23-13-24(30(36)43)7-9-28(23)33/h7,9,13,19,21-22,25-27,29,37H,1,3-6,8,10-12,14,16-17,35H2,2H3,(H2,36,43)(H,38,39,40,41)/t19-,21?,22?,25?,26+,27?,29-,33?/m0/s1. The van der Waals surface area contributed by atoms with Gasteiger partial charge in [-0.3, -0.25) is 4.79 Å². The number of nitrogens with zero attached hydrogens (tertiary/aromatic N) is 5. The van der Waals surface area contributed by atoms with Gasteiger partial charge in [0, 0.05) is 35.1 Å². The van der Waals surface area contributed by atoms with E-state index in [2.05, 4.69) is 58.0 Å². The van der Waals surface area contributed by atoms with Gasteiger partial charge in [-0.1, -0.05) is 31.4 Å². The summed E-state index contributed by atoms with van der Waals surface area (Å²) in [6, 6.07) is 8.83. The van der Waals surface area contributed by atoms with Crippen molar-refractivity contribution in [2.24, 2.45) is 41.1 Å². The van der Waals surface area contributed by atoms with Crippen LogP contribution in [0.25, 0.3) is 0 Å². The van der Waals surface area contributed by atoms with E-state index in [1.54, 1.807) is 0 Å². The molecule has 5 unspecified atom stereocenters. The van der Waals surface area contributed by atoms with Gasteiger partial charge in [0.05, 0.1) is 11.5 Å². The first-order chi connectivity index (χ1) is 20.7. The number of benzene rings is 1. The van der Waals surface area contributed by atoms with Gasteiger partial charge < -0.3 is 21.7 Å². The highest BCUT2D eigenvalue weighted by atomic mass is 16.1. The topological polar surface area (TPSA) is 163 Å². The van der Waals surface area contributed by atoms with Crippen molar-refractivity contribution in [2.45, 2.75) is 87.7 Å². The number of allylic oxidation sites excluding steroid dienone is 1. The van der Waals surface area contributed by atoms with Crippen LogP contribution in [0.15, 0.2) is 42.8 Å². The van der Waals surface area contributed by atoms with E-state index >= 15 is 0 Å². The van der Waals surface area contributed by atoms with Crippen LogP contribution in [0, 0.1) is 40.9 Å². The molecule has 1 amide bonds. The monoisotopic (exact) mass is 581 g/mol. The lowest BCUT2D eigenvalue weighted by molar-refractivity contribution is 0.0999. The molecule has 3 saturated carbocycles. The third kappa shape index (κ3) is 4.55. The van der Waals surface area contributed by atoms with Crippen molar-refractivity contribution < 1.29 is 4.79 Å². The molecule has 5 aliphatic rings. The third-order valence-electron chi connectivity index (χ3n) is 11.9. The number of carbonyl (C=O) groups excluding carboxylic acids is 1. The van der Waals surface area contributed by atoms with Crippen LogP contribution in [0.5, 0.6) is 0 Å². The molecule has 4 aliphatic carbocycles. The summed E-state index contributed by atoms with van der Waals surface area (Å²) in [6.07, 6.45) is 8.63. The average molecular weight is 582 g/mol. The number of aryl methyl sites for hydroxylation is 1. The van der Waals surface area contributed by atoms with Gasteiger partial charge in [0.15, 0.2) is 5.82 Å². The molecule has 2 heterocycles. The minimum atomic E-state index is -0.510. The maximum absolute atomic E-state index is 12.2.